The molecule has 0 unspecified atom stereocenters. The van der Waals surface area contributed by atoms with Crippen LogP contribution in [0.4, 0.5) is 5.82 Å². The summed E-state index contributed by atoms with van der Waals surface area (Å²) in [5.74, 6) is -0.626. The second kappa shape index (κ2) is 9.31. The number of carbonyl (C=O) groups is 2. The molecule has 0 aliphatic heterocycles. The predicted molar refractivity (Wildman–Crippen MR) is 92.3 cm³/mol. The fourth-order valence-electron chi connectivity index (χ4n) is 2.11. The first kappa shape index (κ1) is 18.3. The van der Waals surface area contributed by atoms with Crippen LogP contribution in [0, 0.1) is 0 Å². The van der Waals surface area contributed by atoms with E-state index in [2.05, 4.69) is 25.8 Å². The van der Waals surface area contributed by atoms with Gasteiger partial charge in [-0.05, 0) is 25.5 Å². The number of amides is 1. The van der Waals surface area contributed by atoms with E-state index in [1.165, 1.54) is 0 Å². The maximum atomic E-state index is 11.7. The lowest BCUT2D eigenvalue weighted by Gasteiger charge is -2.12. The van der Waals surface area contributed by atoms with Gasteiger partial charge in [-0.15, -0.1) is 0 Å². The zero-order valence-electron chi connectivity index (χ0n) is 14.3. The van der Waals surface area contributed by atoms with E-state index in [0.717, 1.165) is 17.7 Å². The van der Waals surface area contributed by atoms with Gasteiger partial charge in [0.2, 0.25) is 5.91 Å². The normalized spacial score (nSPS) is 10.2. The molecule has 2 N–H and O–H groups in total. The zero-order valence-corrected chi connectivity index (χ0v) is 14.3. The number of hydrogen-bond acceptors (Lipinski definition) is 7. The Balaban J connectivity index is 2.07. The van der Waals surface area contributed by atoms with E-state index in [-0.39, 0.29) is 13.0 Å². The van der Waals surface area contributed by atoms with Crippen LogP contribution in [0.5, 0.6) is 0 Å². The monoisotopic (exact) mass is 343 g/mol. The highest BCUT2D eigenvalue weighted by Gasteiger charge is 2.12. The molecule has 2 aromatic rings. The van der Waals surface area contributed by atoms with Gasteiger partial charge in [0.15, 0.2) is 5.82 Å². The van der Waals surface area contributed by atoms with Crippen LogP contribution in [0.15, 0.2) is 30.7 Å². The average Bonchev–Trinajstić information content (AvgIpc) is 2.62. The first-order valence-electron chi connectivity index (χ1n) is 8.10. The van der Waals surface area contributed by atoms with Gasteiger partial charge in [-0.3, -0.25) is 25.4 Å². The van der Waals surface area contributed by atoms with Crippen LogP contribution in [0.25, 0.3) is 11.3 Å². The number of nitrogens with zero attached hydrogens (tertiary/aromatic N) is 3. The van der Waals surface area contributed by atoms with Crippen LogP contribution in [-0.4, -0.2) is 33.4 Å². The average molecular weight is 343 g/mol. The Kier molecular flexibility index (Phi) is 6.82. The van der Waals surface area contributed by atoms with Crippen LogP contribution in [0.3, 0.4) is 0 Å². The van der Waals surface area contributed by atoms with E-state index in [1.54, 1.807) is 25.5 Å². The predicted octanol–water partition coefficient (Wildman–Crippen LogP) is 1.89. The molecule has 132 valence electrons. The molecule has 0 fully saturated rings. The third kappa shape index (κ3) is 5.52. The van der Waals surface area contributed by atoms with Crippen LogP contribution in [0.1, 0.15) is 32.4 Å². The summed E-state index contributed by atoms with van der Waals surface area (Å²) in [6.07, 6.45) is 6.22. The van der Waals surface area contributed by atoms with Crippen molar-refractivity contribution in [2.24, 2.45) is 0 Å². The minimum Gasteiger partial charge on any atom is -0.466 e. The van der Waals surface area contributed by atoms with Gasteiger partial charge >= 0.3 is 5.97 Å². The number of hydrogen-bond donors (Lipinski definition) is 2. The van der Waals surface area contributed by atoms with Crippen molar-refractivity contribution < 1.29 is 14.3 Å². The number of ether oxygens (including phenoxy) is 1. The first-order chi connectivity index (χ1) is 12.1. The Hall–Kier alpha value is -3.03. The van der Waals surface area contributed by atoms with E-state index < -0.39 is 11.9 Å². The summed E-state index contributed by atoms with van der Waals surface area (Å²) in [6.45, 7) is 3.95. The van der Waals surface area contributed by atoms with E-state index in [1.807, 2.05) is 19.1 Å². The Morgan fingerprint density at radius 3 is 2.76 bits per heavy atom. The van der Waals surface area contributed by atoms with Crippen molar-refractivity contribution in [2.75, 3.05) is 12.0 Å². The van der Waals surface area contributed by atoms with Crippen LogP contribution < -0.4 is 10.9 Å². The second-order valence-corrected chi connectivity index (χ2v) is 5.20. The van der Waals surface area contributed by atoms with E-state index in [0.29, 0.717) is 17.9 Å². The number of anilines is 1. The van der Waals surface area contributed by atoms with Crippen molar-refractivity contribution in [3.63, 3.8) is 0 Å². The molecule has 8 nitrogen and oxygen atoms in total. The molecule has 0 aliphatic rings. The van der Waals surface area contributed by atoms with Gasteiger partial charge in [0.1, 0.15) is 6.42 Å². The number of aromatic nitrogens is 3. The summed E-state index contributed by atoms with van der Waals surface area (Å²) in [6, 6.07) is 3.74. The van der Waals surface area contributed by atoms with Gasteiger partial charge in [-0.1, -0.05) is 13.3 Å². The van der Waals surface area contributed by atoms with Crippen molar-refractivity contribution in [1.82, 2.24) is 20.4 Å². The molecule has 0 radical (unpaired) electrons. The molecule has 8 heteroatoms. The van der Waals surface area contributed by atoms with Crippen molar-refractivity contribution in [1.29, 1.82) is 0 Å². The first-order valence-corrected chi connectivity index (χ1v) is 8.10. The third-order valence-electron chi connectivity index (χ3n) is 3.22. The van der Waals surface area contributed by atoms with Gasteiger partial charge < -0.3 is 4.74 Å². The van der Waals surface area contributed by atoms with Crippen LogP contribution >= 0.6 is 0 Å². The molecule has 0 aliphatic carbocycles. The second-order valence-electron chi connectivity index (χ2n) is 5.20. The molecule has 1 amide bonds. The molecule has 0 bridgehead atoms. The van der Waals surface area contributed by atoms with E-state index >= 15 is 0 Å². The maximum absolute atomic E-state index is 11.7. The minimum absolute atomic E-state index is 0.238. The molecule has 2 heterocycles. The number of aryl methyl sites for hydroxylation is 1. The van der Waals surface area contributed by atoms with Crippen molar-refractivity contribution in [3.8, 4) is 11.3 Å². The number of hydrazine groups is 1. The van der Waals surface area contributed by atoms with Gasteiger partial charge in [-0.2, -0.15) is 0 Å². The standard InChI is InChI=1S/C17H21N5O3/c1-3-6-13-17(22-21-15(23)9-16(24)25-4-2)19-11-14(20-13)12-7-5-8-18-10-12/h5,7-8,10-11H,3-4,6,9H2,1-2H3,(H,19,22)(H,21,23). The molecule has 0 atom stereocenters. The third-order valence-corrected chi connectivity index (χ3v) is 3.22. The molecular formula is C17H21N5O3. The van der Waals surface area contributed by atoms with Gasteiger partial charge in [-0.25, -0.2) is 9.97 Å². The lowest BCUT2D eigenvalue weighted by Crippen LogP contribution is -2.32. The Morgan fingerprint density at radius 1 is 1.24 bits per heavy atom. The number of pyridine rings is 1. The largest absolute Gasteiger partial charge is 0.466 e. The Labute approximate surface area is 146 Å². The molecular weight excluding hydrogens is 322 g/mol. The quantitative estimate of drug-likeness (QED) is 0.428. The summed E-state index contributed by atoms with van der Waals surface area (Å²) < 4.78 is 4.73. The van der Waals surface area contributed by atoms with Crippen LogP contribution in [0.2, 0.25) is 0 Å². The smallest absolute Gasteiger partial charge is 0.315 e. The van der Waals surface area contributed by atoms with Crippen molar-refractivity contribution in [3.05, 3.63) is 36.4 Å². The fourth-order valence-corrected chi connectivity index (χ4v) is 2.11. The summed E-state index contributed by atoms with van der Waals surface area (Å²) in [4.78, 5) is 36.0. The number of carbonyl (C=O) groups excluding carboxylic acids is 2. The van der Waals surface area contributed by atoms with Crippen molar-refractivity contribution in [2.45, 2.75) is 33.1 Å². The molecule has 0 aromatic carbocycles. The van der Waals surface area contributed by atoms with E-state index in [4.69, 9.17) is 4.74 Å². The summed E-state index contributed by atoms with van der Waals surface area (Å²) >= 11 is 0. The SMILES string of the molecule is CCCc1nc(-c2cccnc2)cnc1NNC(=O)CC(=O)OCC. The van der Waals surface area contributed by atoms with Gasteiger partial charge in [0.05, 0.1) is 24.2 Å². The molecule has 0 saturated carbocycles. The lowest BCUT2D eigenvalue weighted by atomic mass is 10.2. The summed E-state index contributed by atoms with van der Waals surface area (Å²) in [5.41, 5.74) is 7.47. The summed E-state index contributed by atoms with van der Waals surface area (Å²) in [7, 11) is 0. The minimum atomic E-state index is -0.575. The molecule has 0 spiro atoms. The highest BCUT2D eigenvalue weighted by atomic mass is 16.5. The topological polar surface area (TPSA) is 106 Å². The Morgan fingerprint density at radius 2 is 2.08 bits per heavy atom. The highest BCUT2D eigenvalue weighted by Crippen LogP contribution is 2.19. The maximum Gasteiger partial charge on any atom is 0.315 e. The fraction of sp³-hybridized carbons (Fsp3) is 0.353. The van der Waals surface area contributed by atoms with Gasteiger partial charge in [0, 0.05) is 18.0 Å². The van der Waals surface area contributed by atoms with Gasteiger partial charge in [0.25, 0.3) is 0 Å². The number of rotatable bonds is 8. The molecule has 25 heavy (non-hydrogen) atoms. The molecule has 2 aromatic heterocycles. The Bertz CT molecular complexity index is 721. The molecule has 2 rings (SSSR count). The molecule has 0 saturated heterocycles. The van der Waals surface area contributed by atoms with Crippen molar-refractivity contribution >= 4 is 17.7 Å². The summed E-state index contributed by atoms with van der Waals surface area (Å²) in [5, 5.41) is 0. The zero-order chi connectivity index (χ0) is 18.1. The highest BCUT2D eigenvalue weighted by molar-refractivity contribution is 5.94. The number of esters is 1. The lowest BCUT2D eigenvalue weighted by molar-refractivity contribution is -0.145. The van der Waals surface area contributed by atoms with E-state index in [9.17, 15) is 9.59 Å². The number of nitrogens with one attached hydrogen (secondary N) is 2. The van der Waals surface area contributed by atoms with Crippen LogP contribution in [-0.2, 0) is 20.7 Å².